The van der Waals surface area contributed by atoms with Crippen molar-refractivity contribution >= 4 is 34.2 Å². The zero-order valence-electron chi connectivity index (χ0n) is 17.6. The van der Waals surface area contributed by atoms with Crippen molar-refractivity contribution in [1.82, 2.24) is 24.5 Å². The van der Waals surface area contributed by atoms with E-state index in [2.05, 4.69) is 20.3 Å². The minimum Gasteiger partial charge on any atom is -0.462 e. The third kappa shape index (κ3) is 2.95. The second-order valence-electron chi connectivity index (χ2n) is 8.88. The van der Waals surface area contributed by atoms with Crippen molar-refractivity contribution in [1.29, 1.82) is 0 Å². The summed E-state index contributed by atoms with van der Waals surface area (Å²) in [7, 11) is 1.94. The molecule has 9 heteroatoms. The number of aryl methyl sites for hydroxylation is 1. The fraction of sp³-hybridized carbons (Fsp3) is 0.391. The molecular formula is C23H23FN6O2. The van der Waals surface area contributed by atoms with Gasteiger partial charge in [0.15, 0.2) is 5.82 Å². The van der Waals surface area contributed by atoms with E-state index in [1.54, 1.807) is 12.4 Å². The van der Waals surface area contributed by atoms with Crippen molar-refractivity contribution in [3.05, 3.63) is 36.7 Å². The third-order valence-corrected chi connectivity index (χ3v) is 7.13. The molecule has 3 aliphatic carbocycles. The Morgan fingerprint density at radius 2 is 2.00 bits per heavy atom. The van der Waals surface area contributed by atoms with Crippen LogP contribution < -0.4 is 5.32 Å². The number of H-pyrrole nitrogens is 1. The standard InChI is InChI=1S/C23H23FN6O2/c1-30-10-18(28-19-12-2-4-13(5-3-12)20(19)32-11-31)17-9-27-22(29-23(17)30)16-8-26-21-15(16)6-14(24)7-25-21/h6-13,19-20,28H,2-5H2,1H3,(H,25,26)/t12?,13?,19-,20-/m0/s1. The molecule has 0 aliphatic heterocycles. The van der Waals surface area contributed by atoms with Crippen LogP contribution in [0.4, 0.5) is 10.1 Å². The maximum atomic E-state index is 13.7. The summed E-state index contributed by atoms with van der Waals surface area (Å²) in [4.78, 5) is 27.6. The van der Waals surface area contributed by atoms with Crippen LogP contribution in [0.15, 0.2) is 30.9 Å². The molecule has 2 N–H and O–H groups in total. The van der Waals surface area contributed by atoms with Crippen LogP contribution in [0.5, 0.6) is 0 Å². The van der Waals surface area contributed by atoms with E-state index < -0.39 is 5.82 Å². The van der Waals surface area contributed by atoms with Gasteiger partial charge in [-0.25, -0.2) is 19.3 Å². The van der Waals surface area contributed by atoms with Gasteiger partial charge in [-0.1, -0.05) is 0 Å². The Bertz CT molecular complexity index is 1320. The number of rotatable bonds is 5. The van der Waals surface area contributed by atoms with Gasteiger partial charge in [0.2, 0.25) is 0 Å². The molecular weight excluding hydrogens is 411 g/mol. The quantitative estimate of drug-likeness (QED) is 0.464. The summed E-state index contributed by atoms with van der Waals surface area (Å²) in [5.74, 6) is 0.992. The second kappa shape index (κ2) is 7.29. The van der Waals surface area contributed by atoms with Crippen molar-refractivity contribution < 1.29 is 13.9 Å². The van der Waals surface area contributed by atoms with Crippen LogP contribution in [-0.2, 0) is 16.6 Å². The van der Waals surface area contributed by atoms with Gasteiger partial charge in [-0.2, -0.15) is 0 Å². The first kappa shape index (κ1) is 19.2. The summed E-state index contributed by atoms with van der Waals surface area (Å²) >= 11 is 0. The van der Waals surface area contributed by atoms with Crippen LogP contribution >= 0.6 is 0 Å². The van der Waals surface area contributed by atoms with Gasteiger partial charge in [-0.3, -0.25) is 4.79 Å². The number of hydrogen-bond acceptors (Lipinski definition) is 6. The van der Waals surface area contributed by atoms with Gasteiger partial charge in [0.25, 0.3) is 6.47 Å². The highest BCUT2D eigenvalue weighted by Gasteiger charge is 2.45. The molecule has 0 saturated heterocycles. The fourth-order valence-corrected chi connectivity index (χ4v) is 5.60. The molecule has 4 aromatic heterocycles. The number of anilines is 1. The summed E-state index contributed by atoms with van der Waals surface area (Å²) in [6.07, 6.45) is 11.1. The number of carbonyl (C=O) groups is 1. The van der Waals surface area contributed by atoms with Crippen LogP contribution in [0.1, 0.15) is 25.7 Å². The molecule has 7 rings (SSSR count). The van der Waals surface area contributed by atoms with E-state index in [9.17, 15) is 9.18 Å². The lowest BCUT2D eigenvalue weighted by Gasteiger charge is -2.47. The zero-order valence-corrected chi connectivity index (χ0v) is 17.6. The Morgan fingerprint density at radius 1 is 1.19 bits per heavy atom. The van der Waals surface area contributed by atoms with Crippen molar-refractivity contribution in [2.45, 2.75) is 37.8 Å². The number of halogens is 1. The summed E-state index contributed by atoms with van der Waals surface area (Å²) in [5.41, 5.74) is 2.99. The van der Waals surface area contributed by atoms with E-state index in [-0.39, 0.29) is 12.1 Å². The van der Waals surface area contributed by atoms with E-state index in [0.717, 1.165) is 42.4 Å². The minimum atomic E-state index is -0.404. The lowest BCUT2D eigenvalue weighted by atomic mass is 9.66. The second-order valence-corrected chi connectivity index (χ2v) is 8.88. The molecule has 3 fully saturated rings. The van der Waals surface area contributed by atoms with Gasteiger partial charge in [0.05, 0.1) is 23.3 Å². The molecule has 0 aromatic carbocycles. The van der Waals surface area contributed by atoms with Crippen molar-refractivity contribution in [2.24, 2.45) is 18.9 Å². The number of aromatic amines is 1. The van der Waals surface area contributed by atoms with Crippen molar-refractivity contribution in [2.75, 3.05) is 5.32 Å². The fourth-order valence-electron chi connectivity index (χ4n) is 5.60. The topological polar surface area (TPSA) is 97.7 Å². The van der Waals surface area contributed by atoms with Crippen LogP contribution in [0, 0.1) is 17.7 Å². The summed E-state index contributed by atoms with van der Waals surface area (Å²) in [6, 6.07) is 1.52. The number of nitrogens with zero attached hydrogens (tertiary/aromatic N) is 4. The lowest BCUT2D eigenvalue weighted by Crippen LogP contribution is -2.53. The Kier molecular flexibility index (Phi) is 4.38. The van der Waals surface area contributed by atoms with Gasteiger partial charge in [-0.05, 0) is 43.6 Å². The molecule has 32 heavy (non-hydrogen) atoms. The highest BCUT2D eigenvalue weighted by atomic mass is 19.1. The molecule has 0 amide bonds. The van der Waals surface area contributed by atoms with Crippen LogP contribution in [0.2, 0.25) is 0 Å². The van der Waals surface area contributed by atoms with Crippen molar-refractivity contribution in [3.8, 4) is 11.4 Å². The molecule has 2 bridgehead atoms. The first-order chi connectivity index (χ1) is 15.6. The summed E-state index contributed by atoms with van der Waals surface area (Å²) in [6.45, 7) is 0.581. The third-order valence-electron chi connectivity index (χ3n) is 7.13. The Labute approximate surface area is 183 Å². The molecule has 8 nitrogen and oxygen atoms in total. The Balaban J connectivity index is 1.37. The first-order valence-electron chi connectivity index (χ1n) is 10.9. The van der Waals surface area contributed by atoms with Crippen molar-refractivity contribution in [3.63, 3.8) is 0 Å². The number of hydrogen-bond donors (Lipinski definition) is 2. The smallest absolute Gasteiger partial charge is 0.293 e. The monoisotopic (exact) mass is 434 g/mol. The lowest BCUT2D eigenvalue weighted by molar-refractivity contribution is -0.142. The van der Waals surface area contributed by atoms with E-state index in [1.165, 1.54) is 12.3 Å². The molecule has 0 radical (unpaired) electrons. The number of aromatic nitrogens is 5. The minimum absolute atomic E-state index is 0.0839. The SMILES string of the molecule is Cn1cc(N[C@H]2C3CCC(CC3)[C@@H]2OC=O)c2cnc(-c3c[nH]c4ncc(F)cc34)nc21. The largest absolute Gasteiger partial charge is 0.462 e. The predicted octanol–water partition coefficient (Wildman–Crippen LogP) is 3.79. The molecule has 164 valence electrons. The first-order valence-corrected chi connectivity index (χ1v) is 10.9. The number of pyridine rings is 1. The van der Waals surface area contributed by atoms with E-state index >= 15 is 0 Å². The van der Waals surface area contributed by atoms with Gasteiger partial charge < -0.3 is 19.6 Å². The number of ether oxygens (including phenoxy) is 1. The molecule has 0 spiro atoms. The van der Waals surface area contributed by atoms with Crippen LogP contribution in [-0.4, -0.2) is 43.1 Å². The van der Waals surface area contributed by atoms with Gasteiger partial charge in [0, 0.05) is 36.6 Å². The highest BCUT2D eigenvalue weighted by Crippen LogP contribution is 2.44. The van der Waals surface area contributed by atoms with Crippen LogP contribution in [0.3, 0.4) is 0 Å². The summed E-state index contributed by atoms with van der Waals surface area (Å²) < 4.78 is 21.2. The number of nitrogens with one attached hydrogen (secondary N) is 2. The van der Waals surface area contributed by atoms with E-state index in [1.807, 2.05) is 17.8 Å². The molecule has 3 saturated carbocycles. The Morgan fingerprint density at radius 3 is 2.81 bits per heavy atom. The zero-order chi connectivity index (χ0) is 21.8. The predicted molar refractivity (Wildman–Crippen MR) is 117 cm³/mol. The van der Waals surface area contributed by atoms with Gasteiger partial charge >= 0.3 is 0 Å². The van der Waals surface area contributed by atoms with E-state index in [0.29, 0.717) is 40.7 Å². The maximum absolute atomic E-state index is 13.7. The van der Waals surface area contributed by atoms with Crippen LogP contribution in [0.25, 0.3) is 33.5 Å². The van der Waals surface area contributed by atoms with Gasteiger partial charge in [0.1, 0.15) is 23.2 Å². The maximum Gasteiger partial charge on any atom is 0.293 e. The van der Waals surface area contributed by atoms with E-state index in [4.69, 9.17) is 9.72 Å². The number of fused-ring (bicyclic) bond motifs is 5. The molecule has 4 aromatic rings. The molecule has 3 aliphatic rings. The average molecular weight is 434 g/mol. The Hall–Kier alpha value is -3.49. The average Bonchev–Trinajstić information content (AvgIpc) is 3.36. The molecule has 2 atom stereocenters. The normalized spacial score (nSPS) is 24.8. The summed E-state index contributed by atoms with van der Waals surface area (Å²) in [5, 5.41) is 5.19. The highest BCUT2D eigenvalue weighted by molar-refractivity contribution is 5.95. The molecule has 4 heterocycles. The number of carbonyl (C=O) groups excluding carboxylic acids is 1. The molecule has 0 unspecified atom stereocenters. The van der Waals surface area contributed by atoms with Gasteiger partial charge in [-0.15, -0.1) is 0 Å².